The van der Waals surface area contributed by atoms with Gasteiger partial charge in [-0.05, 0) is 35.4 Å². The second kappa shape index (κ2) is 7.30. The van der Waals surface area contributed by atoms with Gasteiger partial charge in [0.25, 0.3) is 5.91 Å². The molecule has 0 fully saturated rings. The molecule has 0 saturated heterocycles. The molecule has 1 aliphatic heterocycles. The van der Waals surface area contributed by atoms with Crippen molar-refractivity contribution in [3.63, 3.8) is 0 Å². The highest BCUT2D eigenvalue weighted by Gasteiger charge is 2.43. The van der Waals surface area contributed by atoms with Crippen LogP contribution in [0, 0.1) is 5.92 Å². The smallest absolute Gasteiger partial charge is 0.290 e. The minimum Gasteiger partial charge on any atom is -0.503 e. The lowest BCUT2D eigenvalue weighted by molar-refractivity contribution is -0.130. The Kier molecular flexibility index (Phi) is 5.09. The highest BCUT2D eigenvalue weighted by atomic mass is 35.5. The van der Waals surface area contributed by atoms with Crippen molar-refractivity contribution in [3.05, 3.63) is 76.3 Å². The molecule has 1 aliphatic rings. The van der Waals surface area contributed by atoms with E-state index >= 15 is 0 Å². The van der Waals surface area contributed by atoms with Gasteiger partial charge < -0.3 is 10.0 Å². The van der Waals surface area contributed by atoms with Crippen LogP contribution in [0.2, 0.25) is 5.02 Å². The van der Waals surface area contributed by atoms with Gasteiger partial charge in [-0.25, -0.2) is 0 Å². The third-order valence-electron chi connectivity index (χ3n) is 4.38. The molecule has 1 atom stereocenters. The van der Waals surface area contributed by atoms with Crippen LogP contribution >= 0.6 is 11.6 Å². The Labute approximate surface area is 156 Å². The molecule has 1 aromatic carbocycles. The molecule has 5 nitrogen and oxygen atoms in total. The lowest BCUT2D eigenvalue weighted by Crippen LogP contribution is -2.31. The Hall–Kier alpha value is -2.66. The number of pyridine rings is 1. The van der Waals surface area contributed by atoms with E-state index in [1.54, 1.807) is 62.6 Å². The summed E-state index contributed by atoms with van der Waals surface area (Å²) < 4.78 is 0. The number of benzene rings is 1. The van der Waals surface area contributed by atoms with Gasteiger partial charge >= 0.3 is 0 Å². The lowest BCUT2D eigenvalue weighted by Gasteiger charge is -2.27. The first-order valence-corrected chi connectivity index (χ1v) is 8.70. The van der Waals surface area contributed by atoms with E-state index in [2.05, 4.69) is 4.98 Å². The zero-order chi connectivity index (χ0) is 18.8. The van der Waals surface area contributed by atoms with Crippen LogP contribution < -0.4 is 0 Å². The van der Waals surface area contributed by atoms with Crippen LogP contribution in [-0.4, -0.2) is 26.7 Å². The molecule has 1 N–H and O–H groups in total. The second-order valence-electron chi connectivity index (χ2n) is 6.52. The molecule has 134 valence electrons. The SMILES string of the molecule is CC(C)C(=O)C1=C(O)C(=O)N(Cc2ccncc2)C1c1ccc(Cl)cc1. The van der Waals surface area contributed by atoms with Gasteiger partial charge in [0.2, 0.25) is 0 Å². The lowest BCUT2D eigenvalue weighted by atomic mass is 9.91. The average molecular weight is 371 g/mol. The minimum atomic E-state index is -0.650. The molecule has 0 radical (unpaired) electrons. The maximum atomic E-state index is 12.7. The number of rotatable bonds is 5. The van der Waals surface area contributed by atoms with Crippen LogP contribution in [0.1, 0.15) is 31.0 Å². The summed E-state index contributed by atoms with van der Waals surface area (Å²) in [6, 6.07) is 9.90. The number of aliphatic hydroxyl groups excluding tert-OH is 1. The molecule has 1 aromatic heterocycles. The maximum Gasteiger partial charge on any atom is 0.290 e. The maximum absolute atomic E-state index is 12.7. The zero-order valence-corrected chi connectivity index (χ0v) is 15.3. The van der Waals surface area contributed by atoms with Gasteiger partial charge in [0, 0.05) is 29.9 Å². The summed E-state index contributed by atoms with van der Waals surface area (Å²) in [5.74, 6) is -1.60. The molecule has 1 amide bonds. The Bertz CT molecular complexity index is 860. The van der Waals surface area contributed by atoms with E-state index in [-0.39, 0.29) is 23.8 Å². The number of amides is 1. The fourth-order valence-electron chi connectivity index (χ4n) is 3.06. The number of aliphatic hydroxyl groups is 1. The fourth-order valence-corrected chi connectivity index (χ4v) is 3.18. The van der Waals surface area contributed by atoms with E-state index in [9.17, 15) is 14.7 Å². The predicted molar refractivity (Wildman–Crippen MR) is 98.5 cm³/mol. The summed E-state index contributed by atoms with van der Waals surface area (Å²) >= 11 is 5.98. The van der Waals surface area contributed by atoms with Crippen LogP contribution in [0.25, 0.3) is 0 Å². The van der Waals surface area contributed by atoms with Crippen molar-refractivity contribution >= 4 is 23.3 Å². The number of ketones is 1. The van der Waals surface area contributed by atoms with Crippen LogP contribution in [0.15, 0.2) is 60.1 Å². The number of halogens is 1. The highest BCUT2D eigenvalue weighted by molar-refractivity contribution is 6.30. The summed E-state index contributed by atoms with van der Waals surface area (Å²) in [6.45, 7) is 3.75. The average Bonchev–Trinajstić information content (AvgIpc) is 2.87. The monoisotopic (exact) mass is 370 g/mol. The van der Waals surface area contributed by atoms with E-state index in [4.69, 9.17) is 11.6 Å². The standard InChI is InChI=1S/C20H19ClN2O3/c1-12(2)18(24)16-17(14-3-5-15(21)6-4-14)23(20(26)19(16)25)11-13-7-9-22-10-8-13/h3-10,12,17,25H,11H2,1-2H3. The summed E-state index contributed by atoms with van der Waals surface area (Å²) in [5, 5.41) is 11.0. The quantitative estimate of drug-likeness (QED) is 0.867. The fraction of sp³-hybridized carbons (Fsp3) is 0.250. The van der Waals surface area contributed by atoms with Crippen molar-refractivity contribution < 1.29 is 14.7 Å². The molecule has 6 heteroatoms. The summed E-state index contributed by atoms with van der Waals surface area (Å²) in [7, 11) is 0. The molecular formula is C20H19ClN2O3. The van der Waals surface area contributed by atoms with Crippen molar-refractivity contribution in [1.82, 2.24) is 9.88 Å². The summed E-state index contributed by atoms with van der Waals surface area (Å²) in [5.41, 5.74) is 1.73. The number of nitrogens with zero attached hydrogens (tertiary/aromatic N) is 2. The number of hydrogen-bond acceptors (Lipinski definition) is 4. The zero-order valence-electron chi connectivity index (χ0n) is 14.5. The molecule has 0 saturated carbocycles. The first-order chi connectivity index (χ1) is 12.4. The Morgan fingerprint density at radius 1 is 1.19 bits per heavy atom. The molecule has 2 aromatic rings. The molecule has 0 aliphatic carbocycles. The van der Waals surface area contributed by atoms with Gasteiger partial charge in [0.15, 0.2) is 11.5 Å². The number of Topliss-reactive ketones (excluding diaryl/α,β-unsaturated/α-hetero) is 1. The van der Waals surface area contributed by atoms with E-state index in [1.165, 1.54) is 4.90 Å². The van der Waals surface area contributed by atoms with Gasteiger partial charge in [-0.15, -0.1) is 0 Å². The molecule has 1 unspecified atom stereocenters. The third-order valence-corrected chi connectivity index (χ3v) is 4.63. The number of hydrogen-bond donors (Lipinski definition) is 1. The van der Waals surface area contributed by atoms with Crippen molar-refractivity contribution in [2.75, 3.05) is 0 Å². The van der Waals surface area contributed by atoms with Gasteiger partial charge in [0.05, 0.1) is 11.6 Å². The van der Waals surface area contributed by atoms with Crippen molar-refractivity contribution in [3.8, 4) is 0 Å². The molecule has 2 heterocycles. The molecule has 26 heavy (non-hydrogen) atoms. The van der Waals surface area contributed by atoms with E-state index < -0.39 is 17.7 Å². The molecule has 3 rings (SSSR count). The van der Waals surface area contributed by atoms with Gasteiger partial charge in [0.1, 0.15) is 0 Å². The van der Waals surface area contributed by atoms with Gasteiger partial charge in [-0.1, -0.05) is 37.6 Å². The van der Waals surface area contributed by atoms with Crippen molar-refractivity contribution in [1.29, 1.82) is 0 Å². The minimum absolute atomic E-state index is 0.140. The largest absolute Gasteiger partial charge is 0.503 e. The van der Waals surface area contributed by atoms with Crippen LogP contribution in [0.5, 0.6) is 0 Å². The predicted octanol–water partition coefficient (Wildman–Crippen LogP) is 3.86. The Morgan fingerprint density at radius 3 is 2.38 bits per heavy atom. The molecular weight excluding hydrogens is 352 g/mol. The van der Waals surface area contributed by atoms with Crippen LogP contribution in [0.3, 0.4) is 0 Å². The highest BCUT2D eigenvalue weighted by Crippen LogP contribution is 2.40. The van der Waals surface area contributed by atoms with E-state index in [0.717, 1.165) is 11.1 Å². The van der Waals surface area contributed by atoms with Gasteiger partial charge in [-0.2, -0.15) is 0 Å². The summed E-state index contributed by atoms with van der Waals surface area (Å²) in [6.07, 6.45) is 3.28. The number of carbonyl (C=O) groups is 2. The number of aromatic nitrogens is 1. The third kappa shape index (κ3) is 3.35. The van der Waals surface area contributed by atoms with Crippen molar-refractivity contribution in [2.45, 2.75) is 26.4 Å². The summed E-state index contributed by atoms with van der Waals surface area (Å²) in [4.78, 5) is 30.9. The number of carbonyl (C=O) groups excluding carboxylic acids is 2. The Balaban J connectivity index is 2.07. The van der Waals surface area contributed by atoms with Gasteiger partial charge in [-0.3, -0.25) is 14.6 Å². The first kappa shape index (κ1) is 18.1. The topological polar surface area (TPSA) is 70.5 Å². The van der Waals surface area contributed by atoms with E-state index in [0.29, 0.717) is 5.02 Å². The van der Waals surface area contributed by atoms with Crippen LogP contribution in [-0.2, 0) is 16.1 Å². The van der Waals surface area contributed by atoms with Crippen molar-refractivity contribution in [2.24, 2.45) is 5.92 Å². The second-order valence-corrected chi connectivity index (χ2v) is 6.96. The molecule has 0 bridgehead atoms. The Morgan fingerprint density at radius 2 is 1.81 bits per heavy atom. The first-order valence-electron chi connectivity index (χ1n) is 8.32. The van der Waals surface area contributed by atoms with E-state index in [1.807, 2.05) is 0 Å². The molecule has 0 spiro atoms. The van der Waals surface area contributed by atoms with Crippen LogP contribution in [0.4, 0.5) is 0 Å². The normalized spacial score (nSPS) is 17.3.